The average Bonchev–Trinajstić information content (AvgIpc) is 2.92. The normalized spacial score (nSPS) is 14.9. The maximum absolute atomic E-state index is 11.9. The Morgan fingerprint density at radius 2 is 2.10 bits per heavy atom. The van der Waals surface area contributed by atoms with Gasteiger partial charge in [0.1, 0.15) is 17.3 Å². The molecule has 1 aliphatic rings. The Morgan fingerprint density at radius 1 is 1.40 bits per heavy atom. The van der Waals surface area contributed by atoms with Gasteiger partial charge >= 0.3 is 0 Å². The molecule has 0 atom stereocenters. The SMILES string of the molecule is CC(C)c1c(Cl)ncnc1NCCC(=O)N1CCCC1. The fourth-order valence-electron chi connectivity index (χ4n) is 2.44. The second-order valence-corrected chi connectivity index (χ2v) is 5.70. The minimum Gasteiger partial charge on any atom is -0.369 e. The summed E-state index contributed by atoms with van der Waals surface area (Å²) in [5, 5.41) is 3.68. The highest BCUT2D eigenvalue weighted by molar-refractivity contribution is 6.30. The zero-order valence-corrected chi connectivity index (χ0v) is 12.8. The third-order valence-corrected chi connectivity index (χ3v) is 3.80. The lowest BCUT2D eigenvalue weighted by Crippen LogP contribution is -2.29. The van der Waals surface area contributed by atoms with Crippen LogP contribution in [0.4, 0.5) is 5.82 Å². The van der Waals surface area contributed by atoms with E-state index in [4.69, 9.17) is 11.6 Å². The van der Waals surface area contributed by atoms with Gasteiger partial charge in [0.2, 0.25) is 5.91 Å². The van der Waals surface area contributed by atoms with E-state index in [2.05, 4.69) is 15.3 Å². The topological polar surface area (TPSA) is 58.1 Å². The highest BCUT2D eigenvalue weighted by Gasteiger charge is 2.18. The smallest absolute Gasteiger partial charge is 0.224 e. The minimum atomic E-state index is 0.209. The van der Waals surface area contributed by atoms with E-state index < -0.39 is 0 Å². The first-order chi connectivity index (χ1) is 9.59. The molecule has 0 aliphatic carbocycles. The van der Waals surface area contributed by atoms with Crippen LogP contribution in [-0.4, -0.2) is 40.4 Å². The monoisotopic (exact) mass is 296 g/mol. The van der Waals surface area contributed by atoms with Gasteiger partial charge in [-0.1, -0.05) is 25.4 Å². The number of aromatic nitrogens is 2. The van der Waals surface area contributed by atoms with Gasteiger partial charge in [0.05, 0.1) is 0 Å². The summed E-state index contributed by atoms with van der Waals surface area (Å²) in [4.78, 5) is 22.1. The summed E-state index contributed by atoms with van der Waals surface area (Å²) in [5.74, 6) is 1.18. The van der Waals surface area contributed by atoms with Gasteiger partial charge in [-0.15, -0.1) is 0 Å². The molecule has 1 amide bonds. The molecule has 0 unspecified atom stereocenters. The second-order valence-electron chi connectivity index (χ2n) is 5.35. The van der Waals surface area contributed by atoms with E-state index in [1.807, 2.05) is 18.7 Å². The Balaban J connectivity index is 1.91. The van der Waals surface area contributed by atoms with Crippen LogP contribution in [0.3, 0.4) is 0 Å². The van der Waals surface area contributed by atoms with E-state index in [1.165, 1.54) is 6.33 Å². The van der Waals surface area contributed by atoms with Gasteiger partial charge in [-0.05, 0) is 18.8 Å². The van der Waals surface area contributed by atoms with E-state index in [9.17, 15) is 4.79 Å². The summed E-state index contributed by atoms with van der Waals surface area (Å²) in [6.07, 6.45) is 4.17. The number of likely N-dealkylation sites (tertiary alicyclic amines) is 1. The lowest BCUT2D eigenvalue weighted by molar-refractivity contribution is -0.129. The zero-order chi connectivity index (χ0) is 14.5. The number of carbonyl (C=O) groups is 1. The zero-order valence-electron chi connectivity index (χ0n) is 12.0. The van der Waals surface area contributed by atoms with E-state index in [-0.39, 0.29) is 11.8 Å². The molecule has 1 aromatic rings. The molecule has 0 spiro atoms. The van der Waals surface area contributed by atoms with Gasteiger partial charge in [-0.25, -0.2) is 9.97 Å². The highest BCUT2D eigenvalue weighted by Crippen LogP contribution is 2.27. The molecular formula is C14H21ClN4O. The van der Waals surface area contributed by atoms with Crippen molar-refractivity contribution < 1.29 is 4.79 Å². The van der Waals surface area contributed by atoms with Crippen LogP contribution in [-0.2, 0) is 4.79 Å². The maximum Gasteiger partial charge on any atom is 0.224 e. The largest absolute Gasteiger partial charge is 0.369 e. The summed E-state index contributed by atoms with van der Waals surface area (Å²) in [5.41, 5.74) is 0.905. The summed E-state index contributed by atoms with van der Waals surface area (Å²) < 4.78 is 0. The van der Waals surface area contributed by atoms with Gasteiger partial charge < -0.3 is 10.2 Å². The Morgan fingerprint density at radius 3 is 2.75 bits per heavy atom. The molecule has 6 heteroatoms. The first kappa shape index (κ1) is 15.0. The van der Waals surface area contributed by atoms with Crippen molar-refractivity contribution in [2.45, 2.75) is 39.0 Å². The van der Waals surface area contributed by atoms with E-state index in [0.29, 0.717) is 18.1 Å². The van der Waals surface area contributed by atoms with E-state index in [0.717, 1.165) is 37.3 Å². The van der Waals surface area contributed by atoms with Crippen LogP contribution >= 0.6 is 11.6 Å². The van der Waals surface area contributed by atoms with Crippen LogP contribution in [0, 0.1) is 0 Å². The highest BCUT2D eigenvalue weighted by atomic mass is 35.5. The predicted molar refractivity (Wildman–Crippen MR) is 80.1 cm³/mol. The van der Waals surface area contributed by atoms with Crippen molar-refractivity contribution >= 4 is 23.3 Å². The molecule has 0 aromatic carbocycles. The van der Waals surface area contributed by atoms with Crippen molar-refractivity contribution in [2.24, 2.45) is 0 Å². The fourth-order valence-corrected chi connectivity index (χ4v) is 2.79. The summed E-state index contributed by atoms with van der Waals surface area (Å²) >= 11 is 6.10. The average molecular weight is 297 g/mol. The first-order valence-corrected chi connectivity index (χ1v) is 7.49. The molecule has 0 saturated carbocycles. The van der Waals surface area contributed by atoms with Crippen molar-refractivity contribution in [3.8, 4) is 0 Å². The van der Waals surface area contributed by atoms with Gasteiger partial charge in [-0.3, -0.25) is 4.79 Å². The van der Waals surface area contributed by atoms with E-state index in [1.54, 1.807) is 0 Å². The molecule has 0 bridgehead atoms. The molecule has 1 N–H and O–H groups in total. The van der Waals surface area contributed by atoms with E-state index >= 15 is 0 Å². The Kier molecular flexibility index (Phi) is 5.17. The number of carbonyl (C=O) groups excluding carboxylic acids is 1. The van der Waals surface area contributed by atoms with Crippen molar-refractivity contribution in [2.75, 3.05) is 25.0 Å². The summed E-state index contributed by atoms with van der Waals surface area (Å²) in [7, 11) is 0. The van der Waals surface area contributed by atoms with Crippen molar-refractivity contribution in [3.63, 3.8) is 0 Å². The van der Waals surface area contributed by atoms with Crippen molar-refractivity contribution in [1.82, 2.24) is 14.9 Å². The minimum absolute atomic E-state index is 0.209. The van der Waals surface area contributed by atoms with Gasteiger partial charge in [0.25, 0.3) is 0 Å². The second kappa shape index (κ2) is 6.88. The van der Waals surface area contributed by atoms with Gasteiger partial charge in [0, 0.05) is 31.6 Å². The standard InChI is InChI=1S/C14H21ClN4O/c1-10(2)12-13(15)17-9-18-14(12)16-6-5-11(20)19-7-3-4-8-19/h9-10H,3-8H2,1-2H3,(H,16,17,18). The number of hydrogen-bond donors (Lipinski definition) is 1. The number of halogens is 1. The number of hydrogen-bond acceptors (Lipinski definition) is 4. The number of anilines is 1. The molecule has 2 rings (SSSR count). The lowest BCUT2D eigenvalue weighted by Gasteiger charge is -2.17. The number of nitrogens with zero attached hydrogens (tertiary/aromatic N) is 3. The molecule has 1 fully saturated rings. The molecule has 5 nitrogen and oxygen atoms in total. The quantitative estimate of drug-likeness (QED) is 0.849. The third kappa shape index (κ3) is 3.60. The van der Waals surface area contributed by atoms with Crippen LogP contribution in [0.2, 0.25) is 5.15 Å². The third-order valence-electron chi connectivity index (χ3n) is 3.50. The Hall–Kier alpha value is -1.36. The lowest BCUT2D eigenvalue weighted by atomic mass is 10.1. The van der Waals surface area contributed by atoms with Crippen LogP contribution in [0.1, 0.15) is 44.6 Å². The molecule has 1 aliphatic heterocycles. The molecular weight excluding hydrogens is 276 g/mol. The number of nitrogens with one attached hydrogen (secondary N) is 1. The molecule has 2 heterocycles. The Bertz CT molecular complexity index is 472. The van der Waals surface area contributed by atoms with Crippen LogP contribution in [0.5, 0.6) is 0 Å². The van der Waals surface area contributed by atoms with Crippen LogP contribution in [0.15, 0.2) is 6.33 Å². The van der Waals surface area contributed by atoms with Gasteiger partial charge in [-0.2, -0.15) is 0 Å². The summed E-state index contributed by atoms with van der Waals surface area (Å²) in [6, 6.07) is 0. The maximum atomic E-state index is 11.9. The fraction of sp³-hybridized carbons (Fsp3) is 0.643. The predicted octanol–water partition coefficient (Wildman–Crippen LogP) is 2.68. The summed E-state index contributed by atoms with van der Waals surface area (Å²) in [6.45, 7) is 6.46. The van der Waals surface area contributed by atoms with Gasteiger partial charge in [0.15, 0.2) is 0 Å². The van der Waals surface area contributed by atoms with Crippen LogP contribution < -0.4 is 5.32 Å². The van der Waals surface area contributed by atoms with Crippen molar-refractivity contribution in [1.29, 1.82) is 0 Å². The van der Waals surface area contributed by atoms with Crippen LogP contribution in [0.25, 0.3) is 0 Å². The first-order valence-electron chi connectivity index (χ1n) is 7.11. The van der Waals surface area contributed by atoms with Crippen molar-refractivity contribution in [3.05, 3.63) is 17.0 Å². The number of rotatable bonds is 5. The molecule has 1 saturated heterocycles. The Labute approximate surface area is 124 Å². The molecule has 0 radical (unpaired) electrons. The molecule has 1 aromatic heterocycles. The molecule has 110 valence electrons. The molecule has 20 heavy (non-hydrogen) atoms. The number of amides is 1.